The zero-order valence-corrected chi connectivity index (χ0v) is 16.5. The van der Waals surface area contributed by atoms with E-state index in [1.165, 1.54) is 23.9 Å². The number of nitrogens with one attached hydrogen (secondary N) is 2. The molecule has 160 valence electrons. The van der Waals surface area contributed by atoms with E-state index in [0.717, 1.165) is 30.9 Å². The van der Waals surface area contributed by atoms with Crippen molar-refractivity contribution in [1.29, 1.82) is 0 Å². The molecule has 2 aromatic carbocycles. The first-order valence-electron chi connectivity index (χ1n) is 9.73. The van der Waals surface area contributed by atoms with Crippen LogP contribution < -0.4 is 11.0 Å². The van der Waals surface area contributed by atoms with Crippen molar-refractivity contribution < 1.29 is 13.2 Å². The van der Waals surface area contributed by atoms with Crippen LogP contribution in [0.25, 0.3) is 0 Å². The predicted molar refractivity (Wildman–Crippen MR) is 112 cm³/mol. The van der Waals surface area contributed by atoms with Gasteiger partial charge in [0.05, 0.1) is 23.0 Å². The SMILES string of the molecule is O=c1[nH]c(N/N=C\c2ccc(C(F)(F)F)cc2)nc2c1CN(Cc1ccccc1)CC2. The average Bonchev–Trinajstić information content (AvgIpc) is 2.75. The van der Waals surface area contributed by atoms with Crippen LogP contribution in [0, 0.1) is 0 Å². The summed E-state index contributed by atoms with van der Waals surface area (Å²) in [7, 11) is 0. The van der Waals surface area contributed by atoms with E-state index in [1.54, 1.807) is 0 Å². The van der Waals surface area contributed by atoms with Crippen molar-refractivity contribution in [3.63, 3.8) is 0 Å². The highest BCUT2D eigenvalue weighted by atomic mass is 19.4. The van der Waals surface area contributed by atoms with Crippen molar-refractivity contribution in [1.82, 2.24) is 14.9 Å². The molecule has 0 aliphatic carbocycles. The van der Waals surface area contributed by atoms with Gasteiger partial charge in [-0.25, -0.2) is 10.4 Å². The third kappa shape index (κ3) is 5.18. The minimum Gasteiger partial charge on any atom is -0.294 e. The molecular formula is C22H20F3N5O. The number of halogens is 3. The molecule has 9 heteroatoms. The van der Waals surface area contributed by atoms with Gasteiger partial charge >= 0.3 is 6.18 Å². The van der Waals surface area contributed by atoms with Gasteiger partial charge in [-0.1, -0.05) is 42.5 Å². The molecule has 0 saturated carbocycles. The summed E-state index contributed by atoms with van der Waals surface area (Å²) >= 11 is 0. The Labute approximate surface area is 176 Å². The zero-order valence-electron chi connectivity index (χ0n) is 16.5. The number of hydrogen-bond acceptors (Lipinski definition) is 5. The number of aromatic amines is 1. The molecule has 4 rings (SSSR count). The molecule has 0 radical (unpaired) electrons. The van der Waals surface area contributed by atoms with Crippen molar-refractivity contribution in [3.05, 3.63) is 92.9 Å². The van der Waals surface area contributed by atoms with E-state index in [2.05, 4.69) is 37.5 Å². The Morgan fingerprint density at radius 3 is 2.58 bits per heavy atom. The third-order valence-corrected chi connectivity index (χ3v) is 5.02. The monoisotopic (exact) mass is 427 g/mol. The molecule has 31 heavy (non-hydrogen) atoms. The summed E-state index contributed by atoms with van der Waals surface area (Å²) < 4.78 is 37.8. The number of hydrogen-bond donors (Lipinski definition) is 2. The lowest BCUT2D eigenvalue weighted by Gasteiger charge is -2.27. The maximum absolute atomic E-state index is 12.6. The van der Waals surface area contributed by atoms with Gasteiger partial charge in [-0.2, -0.15) is 18.3 Å². The van der Waals surface area contributed by atoms with Crippen LogP contribution >= 0.6 is 0 Å². The summed E-state index contributed by atoms with van der Waals surface area (Å²) in [5.41, 5.74) is 4.73. The van der Waals surface area contributed by atoms with Gasteiger partial charge in [0.15, 0.2) is 0 Å². The van der Waals surface area contributed by atoms with Crippen molar-refractivity contribution >= 4 is 12.2 Å². The van der Waals surface area contributed by atoms with Gasteiger partial charge in [0.1, 0.15) is 0 Å². The van der Waals surface area contributed by atoms with Gasteiger partial charge in [-0.3, -0.25) is 14.7 Å². The normalized spacial score (nSPS) is 14.5. The van der Waals surface area contributed by atoms with E-state index < -0.39 is 11.7 Å². The minimum absolute atomic E-state index is 0.198. The highest BCUT2D eigenvalue weighted by molar-refractivity contribution is 5.80. The second kappa shape index (κ2) is 8.73. The largest absolute Gasteiger partial charge is 0.416 e. The van der Waals surface area contributed by atoms with Crippen molar-refractivity contribution in [3.8, 4) is 0 Å². The molecule has 2 heterocycles. The number of hydrazone groups is 1. The Balaban J connectivity index is 1.41. The number of aromatic nitrogens is 2. The van der Waals surface area contributed by atoms with Crippen LogP contribution in [0.4, 0.5) is 19.1 Å². The fraction of sp³-hybridized carbons (Fsp3) is 0.227. The van der Waals surface area contributed by atoms with Crippen molar-refractivity contribution in [2.45, 2.75) is 25.7 Å². The van der Waals surface area contributed by atoms with Gasteiger partial charge in [-0.15, -0.1) is 0 Å². The van der Waals surface area contributed by atoms with Crippen LogP contribution in [0.5, 0.6) is 0 Å². The van der Waals surface area contributed by atoms with Crippen LogP contribution in [-0.4, -0.2) is 27.6 Å². The van der Waals surface area contributed by atoms with Gasteiger partial charge in [-0.05, 0) is 23.3 Å². The highest BCUT2D eigenvalue weighted by Gasteiger charge is 2.29. The lowest BCUT2D eigenvalue weighted by molar-refractivity contribution is -0.137. The lowest BCUT2D eigenvalue weighted by atomic mass is 10.1. The lowest BCUT2D eigenvalue weighted by Crippen LogP contribution is -2.35. The van der Waals surface area contributed by atoms with Crippen LogP contribution in [0.15, 0.2) is 64.5 Å². The van der Waals surface area contributed by atoms with Gasteiger partial charge in [0.25, 0.3) is 5.56 Å². The molecule has 3 aromatic rings. The van der Waals surface area contributed by atoms with E-state index in [4.69, 9.17) is 0 Å². The Bertz CT molecular complexity index is 1120. The summed E-state index contributed by atoms with van der Waals surface area (Å²) in [5.74, 6) is 0.198. The number of H-pyrrole nitrogens is 1. The summed E-state index contributed by atoms with van der Waals surface area (Å²) in [6.45, 7) is 2.06. The zero-order chi connectivity index (χ0) is 21.8. The number of fused-ring (bicyclic) bond motifs is 1. The van der Waals surface area contributed by atoms with Gasteiger partial charge < -0.3 is 0 Å². The molecule has 6 nitrogen and oxygen atoms in total. The van der Waals surface area contributed by atoms with Crippen LogP contribution in [0.1, 0.15) is 27.9 Å². The molecule has 1 aromatic heterocycles. The van der Waals surface area contributed by atoms with Gasteiger partial charge in [0, 0.05) is 26.1 Å². The van der Waals surface area contributed by atoms with E-state index in [-0.39, 0.29) is 11.5 Å². The third-order valence-electron chi connectivity index (χ3n) is 5.02. The quantitative estimate of drug-likeness (QED) is 0.480. The molecule has 0 amide bonds. The predicted octanol–water partition coefficient (Wildman–Crippen LogP) is 3.79. The second-order valence-corrected chi connectivity index (χ2v) is 7.28. The molecule has 1 aliphatic heterocycles. The fourth-order valence-electron chi connectivity index (χ4n) is 3.44. The van der Waals surface area contributed by atoms with Crippen LogP contribution in [0.3, 0.4) is 0 Å². The molecule has 0 saturated heterocycles. The molecule has 2 N–H and O–H groups in total. The topological polar surface area (TPSA) is 73.4 Å². The first kappa shape index (κ1) is 20.8. The summed E-state index contributed by atoms with van der Waals surface area (Å²) in [5, 5.41) is 3.97. The van der Waals surface area contributed by atoms with E-state index in [0.29, 0.717) is 24.1 Å². The Hall–Kier alpha value is -3.46. The van der Waals surface area contributed by atoms with Crippen molar-refractivity contribution in [2.24, 2.45) is 5.10 Å². The Morgan fingerprint density at radius 2 is 1.87 bits per heavy atom. The first-order valence-corrected chi connectivity index (χ1v) is 9.73. The Kier molecular flexibility index (Phi) is 5.85. The fourth-order valence-corrected chi connectivity index (χ4v) is 3.44. The number of benzene rings is 2. The van der Waals surface area contributed by atoms with Gasteiger partial charge in [0.2, 0.25) is 5.95 Å². The number of alkyl halides is 3. The van der Waals surface area contributed by atoms with E-state index in [1.807, 2.05) is 18.2 Å². The van der Waals surface area contributed by atoms with Crippen LogP contribution in [0.2, 0.25) is 0 Å². The summed E-state index contributed by atoms with van der Waals surface area (Å²) in [6, 6.07) is 14.7. The molecule has 0 atom stereocenters. The highest BCUT2D eigenvalue weighted by Crippen LogP contribution is 2.28. The smallest absolute Gasteiger partial charge is 0.294 e. The average molecular weight is 427 g/mol. The molecule has 1 aliphatic rings. The first-order chi connectivity index (χ1) is 14.9. The molecule has 0 spiro atoms. The standard InChI is InChI=1S/C22H20F3N5O/c23-22(24,25)17-8-6-15(7-9-17)12-26-29-21-27-19-10-11-30(14-18(19)20(31)28-21)13-16-4-2-1-3-5-16/h1-9,12H,10-11,13-14H2,(H2,27,28,29,31)/b26-12-. The summed E-state index contributed by atoms with van der Waals surface area (Å²) in [6.07, 6.45) is -2.37. The molecule has 0 unspecified atom stereocenters. The Morgan fingerprint density at radius 1 is 1.13 bits per heavy atom. The number of rotatable bonds is 5. The molecule has 0 fully saturated rings. The molecule has 0 bridgehead atoms. The van der Waals surface area contributed by atoms with Crippen LogP contribution in [-0.2, 0) is 25.7 Å². The number of anilines is 1. The van der Waals surface area contributed by atoms with Crippen molar-refractivity contribution in [2.75, 3.05) is 12.0 Å². The minimum atomic E-state index is -4.38. The number of nitrogens with zero attached hydrogens (tertiary/aromatic N) is 3. The maximum Gasteiger partial charge on any atom is 0.416 e. The summed E-state index contributed by atoms with van der Waals surface area (Å²) in [4.78, 5) is 21.8. The second-order valence-electron chi connectivity index (χ2n) is 7.28. The van der Waals surface area contributed by atoms with E-state index in [9.17, 15) is 18.0 Å². The molecular weight excluding hydrogens is 407 g/mol. The maximum atomic E-state index is 12.6. The van der Waals surface area contributed by atoms with E-state index >= 15 is 0 Å².